The third kappa shape index (κ3) is 5.04. The Balaban J connectivity index is 0.00000243. The van der Waals surface area contributed by atoms with Crippen molar-refractivity contribution in [2.45, 2.75) is 37.8 Å². The van der Waals surface area contributed by atoms with Gasteiger partial charge in [-0.2, -0.15) is 0 Å². The summed E-state index contributed by atoms with van der Waals surface area (Å²) in [5.74, 6) is 0.614. The highest BCUT2D eigenvalue weighted by molar-refractivity contribution is 6.34. The number of nitrogens with two attached hydrogens (primary N) is 1. The van der Waals surface area contributed by atoms with Crippen molar-refractivity contribution in [3.8, 4) is 11.5 Å². The number of hydrogen-bond donors (Lipinski definition) is 2. The van der Waals surface area contributed by atoms with Crippen LogP contribution < -0.4 is 15.8 Å². The first-order valence-electron chi connectivity index (χ1n) is 8.32. The van der Waals surface area contributed by atoms with E-state index < -0.39 is 0 Å². The summed E-state index contributed by atoms with van der Waals surface area (Å²) in [7, 11) is 0. The Morgan fingerprint density at radius 1 is 0.962 bits per heavy atom. The van der Waals surface area contributed by atoms with Gasteiger partial charge in [-0.1, -0.05) is 41.4 Å². The molecule has 3 rings (SSSR count). The smallest absolute Gasteiger partial charge is 0.256 e. The Bertz CT molecular complexity index is 762. The minimum absolute atomic E-state index is 0. The molecule has 0 bridgehead atoms. The zero-order valence-electron chi connectivity index (χ0n) is 14.1. The highest BCUT2D eigenvalue weighted by Crippen LogP contribution is 2.34. The van der Waals surface area contributed by atoms with Crippen molar-refractivity contribution in [2.24, 2.45) is 5.73 Å². The molecule has 1 fully saturated rings. The van der Waals surface area contributed by atoms with E-state index in [1.165, 1.54) is 0 Å². The van der Waals surface area contributed by atoms with Crippen molar-refractivity contribution in [3.05, 3.63) is 58.1 Å². The van der Waals surface area contributed by atoms with E-state index in [-0.39, 0.29) is 30.4 Å². The lowest BCUT2D eigenvalue weighted by Gasteiger charge is -2.27. The Hall–Kier alpha value is -1.46. The number of halogens is 3. The van der Waals surface area contributed by atoms with E-state index in [9.17, 15) is 4.79 Å². The number of ether oxygens (including phenoxy) is 1. The first-order chi connectivity index (χ1) is 12.0. The Kier molecular flexibility index (Phi) is 7.59. The fourth-order valence-electron chi connectivity index (χ4n) is 2.98. The average Bonchev–Trinajstić information content (AvgIpc) is 2.59. The van der Waals surface area contributed by atoms with Crippen LogP contribution in [0.3, 0.4) is 0 Å². The molecule has 1 aliphatic carbocycles. The maximum atomic E-state index is 12.8. The molecule has 0 atom stereocenters. The second-order valence-electron chi connectivity index (χ2n) is 6.23. The number of hydrogen-bond acceptors (Lipinski definition) is 3. The molecule has 2 aromatic carbocycles. The van der Waals surface area contributed by atoms with Crippen molar-refractivity contribution >= 4 is 41.5 Å². The van der Waals surface area contributed by atoms with Crippen LogP contribution in [0.15, 0.2) is 42.5 Å². The number of benzene rings is 2. The van der Waals surface area contributed by atoms with Crippen LogP contribution in [0, 0.1) is 0 Å². The summed E-state index contributed by atoms with van der Waals surface area (Å²) in [4.78, 5) is 12.8. The Morgan fingerprint density at radius 3 is 2.27 bits per heavy atom. The quantitative estimate of drug-likeness (QED) is 0.720. The van der Waals surface area contributed by atoms with Gasteiger partial charge in [0.25, 0.3) is 5.91 Å². The standard InChI is InChI=1S/C19H20Cl2N2O2.ClH/c20-14-4-1-2-6-16(14)25-17-7-3-5-15(21)18(17)19(24)23-13-10-8-12(22)9-11-13;/h1-7,12-13H,8-11,22H2,(H,23,24);1H. The number of para-hydroxylation sites is 1. The summed E-state index contributed by atoms with van der Waals surface area (Å²) in [6.07, 6.45) is 3.57. The van der Waals surface area contributed by atoms with E-state index >= 15 is 0 Å². The Morgan fingerprint density at radius 2 is 1.58 bits per heavy atom. The molecule has 2 aromatic rings. The largest absolute Gasteiger partial charge is 0.455 e. The van der Waals surface area contributed by atoms with Crippen LogP contribution in [-0.4, -0.2) is 18.0 Å². The van der Waals surface area contributed by atoms with E-state index in [1.807, 2.05) is 12.1 Å². The zero-order chi connectivity index (χ0) is 17.8. The SMILES string of the molecule is Cl.NC1CCC(NC(=O)c2c(Cl)cccc2Oc2ccccc2Cl)CC1. The third-order valence-electron chi connectivity index (χ3n) is 4.37. The van der Waals surface area contributed by atoms with Gasteiger partial charge in [-0.25, -0.2) is 0 Å². The van der Waals surface area contributed by atoms with Crippen LogP contribution in [0.25, 0.3) is 0 Å². The normalized spacial score (nSPS) is 19.3. The molecule has 0 aromatic heterocycles. The zero-order valence-corrected chi connectivity index (χ0v) is 16.4. The monoisotopic (exact) mass is 414 g/mol. The van der Waals surface area contributed by atoms with Crippen LogP contribution in [0.4, 0.5) is 0 Å². The molecule has 0 radical (unpaired) electrons. The van der Waals surface area contributed by atoms with Crippen LogP contribution in [0.5, 0.6) is 11.5 Å². The highest BCUT2D eigenvalue weighted by Gasteiger charge is 2.24. The first kappa shape index (κ1) is 20.8. The second-order valence-corrected chi connectivity index (χ2v) is 7.05. The van der Waals surface area contributed by atoms with Crippen molar-refractivity contribution < 1.29 is 9.53 Å². The maximum absolute atomic E-state index is 12.8. The van der Waals surface area contributed by atoms with Gasteiger partial charge in [0, 0.05) is 12.1 Å². The van der Waals surface area contributed by atoms with Crippen molar-refractivity contribution in [3.63, 3.8) is 0 Å². The molecule has 0 spiro atoms. The minimum atomic E-state index is -0.242. The lowest BCUT2D eigenvalue weighted by molar-refractivity contribution is 0.0923. The van der Waals surface area contributed by atoms with E-state index in [0.29, 0.717) is 27.1 Å². The lowest BCUT2D eigenvalue weighted by atomic mass is 9.91. The van der Waals surface area contributed by atoms with Crippen molar-refractivity contribution in [1.82, 2.24) is 5.32 Å². The van der Waals surface area contributed by atoms with Crippen LogP contribution in [0.1, 0.15) is 36.0 Å². The highest BCUT2D eigenvalue weighted by atomic mass is 35.5. The summed E-state index contributed by atoms with van der Waals surface area (Å²) in [5.41, 5.74) is 6.24. The predicted molar refractivity (Wildman–Crippen MR) is 108 cm³/mol. The summed E-state index contributed by atoms with van der Waals surface area (Å²) < 4.78 is 5.85. The molecule has 140 valence electrons. The van der Waals surface area contributed by atoms with Gasteiger partial charge in [-0.3, -0.25) is 4.79 Å². The Labute approximate surface area is 169 Å². The van der Waals surface area contributed by atoms with Gasteiger partial charge in [-0.15, -0.1) is 12.4 Å². The van der Waals surface area contributed by atoms with E-state index in [4.69, 9.17) is 33.7 Å². The molecule has 0 heterocycles. The maximum Gasteiger partial charge on any atom is 0.256 e. The molecular formula is C19H21Cl3N2O2. The summed E-state index contributed by atoms with van der Waals surface area (Å²) in [5, 5.41) is 3.86. The third-order valence-corrected chi connectivity index (χ3v) is 4.99. The molecule has 0 saturated heterocycles. The fraction of sp³-hybridized carbons (Fsp3) is 0.316. The van der Waals surface area contributed by atoms with Crippen molar-refractivity contribution in [1.29, 1.82) is 0 Å². The first-order valence-corrected chi connectivity index (χ1v) is 9.07. The number of rotatable bonds is 4. The minimum Gasteiger partial charge on any atom is -0.455 e. The molecular weight excluding hydrogens is 395 g/mol. The molecule has 1 saturated carbocycles. The summed E-state index contributed by atoms with van der Waals surface area (Å²) >= 11 is 12.4. The molecule has 1 aliphatic rings. The van der Waals surface area contributed by atoms with E-state index in [1.54, 1.807) is 30.3 Å². The van der Waals surface area contributed by atoms with E-state index in [2.05, 4.69) is 5.32 Å². The molecule has 3 N–H and O–H groups in total. The van der Waals surface area contributed by atoms with Gasteiger partial charge in [-0.05, 0) is 49.9 Å². The van der Waals surface area contributed by atoms with Crippen molar-refractivity contribution in [2.75, 3.05) is 0 Å². The van der Waals surface area contributed by atoms with Gasteiger partial charge < -0.3 is 15.8 Å². The summed E-state index contributed by atoms with van der Waals surface area (Å²) in [6.45, 7) is 0. The lowest BCUT2D eigenvalue weighted by Crippen LogP contribution is -2.40. The molecule has 0 aliphatic heterocycles. The molecule has 1 amide bonds. The van der Waals surface area contributed by atoms with Gasteiger partial charge in [0.05, 0.1) is 10.0 Å². The topological polar surface area (TPSA) is 64.3 Å². The van der Waals surface area contributed by atoms with Gasteiger partial charge in [0.1, 0.15) is 17.1 Å². The number of carbonyl (C=O) groups is 1. The van der Waals surface area contributed by atoms with Crippen LogP contribution in [0.2, 0.25) is 10.0 Å². The molecule has 26 heavy (non-hydrogen) atoms. The van der Waals surface area contributed by atoms with E-state index in [0.717, 1.165) is 25.7 Å². The number of amides is 1. The number of carbonyl (C=O) groups excluding carboxylic acids is 1. The van der Waals surface area contributed by atoms with Gasteiger partial charge in [0.15, 0.2) is 0 Å². The van der Waals surface area contributed by atoms with Crippen LogP contribution >= 0.6 is 35.6 Å². The predicted octanol–water partition coefficient (Wildman–Crippen LogP) is 5.21. The second kappa shape index (κ2) is 9.47. The van der Waals surface area contributed by atoms with Crippen LogP contribution in [-0.2, 0) is 0 Å². The van der Waals surface area contributed by atoms with Gasteiger partial charge >= 0.3 is 0 Å². The fourth-order valence-corrected chi connectivity index (χ4v) is 3.40. The average molecular weight is 416 g/mol. The molecule has 0 unspecified atom stereocenters. The molecule has 7 heteroatoms. The molecule has 4 nitrogen and oxygen atoms in total. The summed E-state index contributed by atoms with van der Waals surface area (Å²) in [6, 6.07) is 12.6. The van der Waals surface area contributed by atoms with Gasteiger partial charge in [0.2, 0.25) is 0 Å². The number of nitrogens with one attached hydrogen (secondary N) is 1.